The molecule has 0 saturated carbocycles. The number of hydrogen-bond acceptors (Lipinski definition) is 5. The third kappa shape index (κ3) is 5.77. The standard InChI is InChI=1S/C24H21F5N4O3S/c1-14-8-15(10-16(9-14)20-12-31-21(13-30-20)24(27,28)29)11-32-23(34)22-19(26)6-7-33(22)37(35,36)18-4-2-17(25)3-5-18/h2-5,8-10,12-13,19,22H,6-7,11H2,1H3,(H,32,34)/t19-,22-/m0/s1. The first-order chi connectivity index (χ1) is 17.4. The number of halogens is 5. The van der Waals surface area contributed by atoms with Gasteiger partial charge in [0.15, 0.2) is 5.69 Å². The molecule has 4 rings (SSSR count). The van der Waals surface area contributed by atoms with Crippen LogP contribution in [0.2, 0.25) is 0 Å². The Labute approximate surface area is 209 Å². The van der Waals surface area contributed by atoms with Crippen LogP contribution in [0, 0.1) is 12.7 Å². The van der Waals surface area contributed by atoms with Crippen LogP contribution in [0.1, 0.15) is 23.2 Å². The minimum absolute atomic E-state index is 0.102. The summed E-state index contributed by atoms with van der Waals surface area (Å²) in [6.45, 7) is 1.41. The zero-order valence-corrected chi connectivity index (χ0v) is 20.2. The largest absolute Gasteiger partial charge is 0.434 e. The van der Waals surface area contributed by atoms with E-state index in [1.54, 1.807) is 25.1 Å². The van der Waals surface area contributed by atoms with Gasteiger partial charge in [0, 0.05) is 18.7 Å². The van der Waals surface area contributed by atoms with Crippen LogP contribution >= 0.6 is 0 Å². The lowest BCUT2D eigenvalue weighted by atomic mass is 10.0. The van der Waals surface area contributed by atoms with Crippen molar-refractivity contribution in [3.05, 3.63) is 77.5 Å². The van der Waals surface area contributed by atoms with E-state index in [4.69, 9.17) is 0 Å². The first kappa shape index (κ1) is 26.6. The number of alkyl halides is 4. The molecular formula is C24H21F5N4O3S. The lowest BCUT2D eigenvalue weighted by molar-refractivity contribution is -0.141. The van der Waals surface area contributed by atoms with Crippen LogP contribution in [-0.4, -0.2) is 47.4 Å². The Morgan fingerprint density at radius 2 is 1.81 bits per heavy atom. The average molecular weight is 541 g/mol. The number of nitrogens with zero attached hydrogens (tertiary/aromatic N) is 3. The van der Waals surface area contributed by atoms with E-state index in [1.807, 2.05) is 0 Å². The lowest BCUT2D eigenvalue weighted by Gasteiger charge is -2.24. The minimum atomic E-state index is -4.62. The van der Waals surface area contributed by atoms with Crippen molar-refractivity contribution in [1.29, 1.82) is 0 Å². The van der Waals surface area contributed by atoms with Crippen molar-refractivity contribution in [3.63, 3.8) is 0 Å². The number of benzene rings is 2. The lowest BCUT2D eigenvalue weighted by Crippen LogP contribution is -2.49. The van der Waals surface area contributed by atoms with Crippen LogP contribution in [0.15, 0.2) is 59.8 Å². The number of hydrogen-bond donors (Lipinski definition) is 1. The second-order valence-corrected chi connectivity index (χ2v) is 10.4. The van der Waals surface area contributed by atoms with E-state index in [0.29, 0.717) is 22.9 Å². The smallest absolute Gasteiger partial charge is 0.351 e. The number of amides is 1. The number of aromatic nitrogens is 2. The fourth-order valence-corrected chi connectivity index (χ4v) is 5.69. The second kappa shape index (κ2) is 10.1. The Bertz CT molecular complexity index is 1400. The molecule has 1 fully saturated rings. The van der Waals surface area contributed by atoms with Gasteiger partial charge in [0.05, 0.1) is 23.0 Å². The molecule has 3 aromatic rings. The number of aryl methyl sites for hydroxylation is 1. The van der Waals surface area contributed by atoms with Crippen molar-refractivity contribution < 1.29 is 35.2 Å². The highest BCUT2D eigenvalue weighted by molar-refractivity contribution is 7.89. The molecule has 0 aliphatic carbocycles. The molecule has 0 spiro atoms. The summed E-state index contributed by atoms with van der Waals surface area (Å²) < 4.78 is 92.9. The van der Waals surface area contributed by atoms with Crippen LogP contribution in [0.3, 0.4) is 0 Å². The molecular weight excluding hydrogens is 519 g/mol. The van der Waals surface area contributed by atoms with Crippen molar-refractivity contribution in [1.82, 2.24) is 19.6 Å². The van der Waals surface area contributed by atoms with E-state index < -0.39 is 45.8 Å². The molecule has 1 saturated heterocycles. The van der Waals surface area contributed by atoms with E-state index >= 15 is 0 Å². The molecule has 2 atom stereocenters. The van der Waals surface area contributed by atoms with Gasteiger partial charge >= 0.3 is 6.18 Å². The molecule has 1 aromatic heterocycles. The van der Waals surface area contributed by atoms with E-state index in [-0.39, 0.29) is 30.1 Å². The Balaban J connectivity index is 1.51. The van der Waals surface area contributed by atoms with Gasteiger partial charge in [0.2, 0.25) is 15.9 Å². The SMILES string of the molecule is Cc1cc(CNC(=O)[C@@H]2[C@@H](F)CCN2S(=O)(=O)c2ccc(F)cc2)cc(-c2cnc(C(F)(F)F)cn2)c1. The Kier molecular flexibility index (Phi) is 7.29. The van der Waals surface area contributed by atoms with Crippen LogP contribution < -0.4 is 5.32 Å². The highest BCUT2D eigenvalue weighted by Gasteiger charge is 2.46. The first-order valence-electron chi connectivity index (χ1n) is 11.1. The molecule has 2 aromatic carbocycles. The van der Waals surface area contributed by atoms with Gasteiger partial charge in [-0.05, 0) is 55.3 Å². The maximum absolute atomic E-state index is 14.7. The van der Waals surface area contributed by atoms with Crippen molar-refractivity contribution >= 4 is 15.9 Å². The van der Waals surface area contributed by atoms with Gasteiger partial charge in [-0.2, -0.15) is 17.5 Å². The summed E-state index contributed by atoms with van der Waals surface area (Å²) >= 11 is 0. The highest BCUT2D eigenvalue weighted by Crippen LogP contribution is 2.30. The number of sulfonamides is 1. The van der Waals surface area contributed by atoms with Crippen LogP contribution in [0.5, 0.6) is 0 Å². The van der Waals surface area contributed by atoms with Crippen LogP contribution in [0.4, 0.5) is 22.0 Å². The molecule has 0 unspecified atom stereocenters. The summed E-state index contributed by atoms with van der Waals surface area (Å²) in [6.07, 6.45) is -4.94. The Morgan fingerprint density at radius 3 is 2.43 bits per heavy atom. The third-order valence-corrected chi connectivity index (χ3v) is 7.70. The van der Waals surface area contributed by atoms with E-state index in [1.165, 1.54) is 0 Å². The van der Waals surface area contributed by atoms with Crippen LogP contribution in [-0.2, 0) is 27.5 Å². The normalized spacial score (nSPS) is 18.6. The molecule has 0 radical (unpaired) electrons. The number of carbonyl (C=O) groups is 1. The van der Waals surface area contributed by atoms with Gasteiger partial charge in [0.25, 0.3) is 0 Å². The van der Waals surface area contributed by atoms with E-state index in [9.17, 15) is 35.2 Å². The molecule has 196 valence electrons. The molecule has 0 bridgehead atoms. The Morgan fingerprint density at radius 1 is 1.11 bits per heavy atom. The quantitative estimate of drug-likeness (QED) is 0.477. The summed E-state index contributed by atoms with van der Waals surface area (Å²) in [4.78, 5) is 19.9. The van der Waals surface area contributed by atoms with Gasteiger partial charge in [-0.3, -0.25) is 9.78 Å². The molecule has 1 aliphatic heterocycles. The van der Waals surface area contributed by atoms with E-state index in [2.05, 4.69) is 15.3 Å². The van der Waals surface area contributed by atoms with Gasteiger partial charge in [0.1, 0.15) is 18.0 Å². The number of nitrogens with one attached hydrogen (secondary N) is 1. The summed E-state index contributed by atoms with van der Waals surface area (Å²) in [6, 6.07) is 7.36. The maximum atomic E-state index is 14.7. The van der Waals surface area contributed by atoms with Crippen molar-refractivity contribution in [2.45, 2.75) is 43.2 Å². The van der Waals surface area contributed by atoms with Crippen LogP contribution in [0.25, 0.3) is 11.3 Å². The molecule has 37 heavy (non-hydrogen) atoms. The van der Waals surface area contributed by atoms with Gasteiger partial charge in [-0.15, -0.1) is 0 Å². The summed E-state index contributed by atoms with van der Waals surface area (Å²) in [5, 5.41) is 2.54. The Hall–Kier alpha value is -3.45. The average Bonchev–Trinajstić information content (AvgIpc) is 3.24. The molecule has 7 nitrogen and oxygen atoms in total. The molecule has 13 heteroatoms. The summed E-state index contributed by atoms with van der Waals surface area (Å²) in [5.41, 5.74) is 0.754. The summed E-state index contributed by atoms with van der Waals surface area (Å²) in [7, 11) is -4.26. The fourth-order valence-electron chi connectivity index (χ4n) is 4.06. The predicted octanol–water partition coefficient (Wildman–Crippen LogP) is 4.03. The molecule has 1 N–H and O–H groups in total. The fraction of sp³-hybridized carbons (Fsp3) is 0.292. The zero-order valence-electron chi connectivity index (χ0n) is 19.3. The highest BCUT2D eigenvalue weighted by atomic mass is 32.2. The number of carbonyl (C=O) groups excluding carboxylic acids is 1. The minimum Gasteiger partial charge on any atom is -0.351 e. The van der Waals surface area contributed by atoms with Crippen molar-refractivity contribution in [2.24, 2.45) is 0 Å². The van der Waals surface area contributed by atoms with Gasteiger partial charge in [-0.25, -0.2) is 22.2 Å². The molecule has 1 amide bonds. The molecule has 1 aliphatic rings. The molecule has 2 heterocycles. The van der Waals surface area contributed by atoms with E-state index in [0.717, 1.165) is 34.8 Å². The predicted molar refractivity (Wildman–Crippen MR) is 123 cm³/mol. The summed E-state index contributed by atoms with van der Waals surface area (Å²) in [5.74, 6) is -1.49. The van der Waals surface area contributed by atoms with Gasteiger partial charge in [-0.1, -0.05) is 11.6 Å². The third-order valence-electron chi connectivity index (χ3n) is 5.81. The number of rotatable bonds is 6. The first-order valence-corrected chi connectivity index (χ1v) is 12.5. The van der Waals surface area contributed by atoms with Gasteiger partial charge < -0.3 is 5.32 Å². The monoisotopic (exact) mass is 540 g/mol. The van der Waals surface area contributed by atoms with Crippen molar-refractivity contribution in [2.75, 3.05) is 6.54 Å². The maximum Gasteiger partial charge on any atom is 0.434 e. The zero-order chi connectivity index (χ0) is 27.0. The van der Waals surface area contributed by atoms with Crippen molar-refractivity contribution in [3.8, 4) is 11.3 Å². The second-order valence-electron chi connectivity index (χ2n) is 8.53. The topological polar surface area (TPSA) is 92.3 Å².